The molecule has 1 heterocycles. The van der Waals surface area contributed by atoms with Gasteiger partial charge in [-0.1, -0.05) is 30.3 Å². The first-order valence-electron chi connectivity index (χ1n) is 8.10. The summed E-state index contributed by atoms with van der Waals surface area (Å²) in [7, 11) is 1.80. The molecule has 0 bridgehead atoms. The van der Waals surface area contributed by atoms with Crippen LogP contribution in [0.15, 0.2) is 53.5 Å². The predicted octanol–water partition coefficient (Wildman–Crippen LogP) is 3.40. The van der Waals surface area contributed by atoms with Gasteiger partial charge in [0.15, 0.2) is 5.96 Å². The zero-order valence-corrected chi connectivity index (χ0v) is 16.8. The highest BCUT2D eigenvalue weighted by molar-refractivity contribution is 14.0. The van der Waals surface area contributed by atoms with Crippen molar-refractivity contribution in [2.24, 2.45) is 4.99 Å². The van der Waals surface area contributed by atoms with Gasteiger partial charge >= 0.3 is 0 Å². The molecule has 2 aromatic carbocycles. The zero-order chi connectivity index (χ0) is 16.9. The number of amides is 1. The predicted molar refractivity (Wildman–Crippen MR) is 114 cm³/mol. The van der Waals surface area contributed by atoms with E-state index >= 15 is 0 Å². The third kappa shape index (κ3) is 4.72. The van der Waals surface area contributed by atoms with E-state index in [1.165, 1.54) is 18.2 Å². The lowest BCUT2D eigenvalue weighted by Crippen LogP contribution is -2.40. The summed E-state index contributed by atoms with van der Waals surface area (Å²) in [5.74, 6) is 0.800. The van der Waals surface area contributed by atoms with Gasteiger partial charge in [0.1, 0.15) is 0 Å². The first-order chi connectivity index (χ1) is 11.7. The van der Waals surface area contributed by atoms with Crippen molar-refractivity contribution in [3.63, 3.8) is 0 Å². The number of carbonyl (C=O) groups is 1. The van der Waals surface area contributed by atoms with E-state index in [-0.39, 0.29) is 29.9 Å². The summed E-state index contributed by atoms with van der Waals surface area (Å²) in [5.41, 5.74) is 4.48. The molecule has 0 saturated carbocycles. The number of carbonyl (C=O) groups excluding carboxylic acids is 1. The molecular weight excluding hydrogens is 427 g/mol. The Morgan fingerprint density at radius 3 is 2.76 bits per heavy atom. The van der Waals surface area contributed by atoms with Gasteiger partial charge in [-0.15, -0.1) is 24.0 Å². The van der Waals surface area contributed by atoms with E-state index in [0.29, 0.717) is 6.54 Å². The molecule has 1 aliphatic heterocycles. The normalized spacial score (nSPS) is 13.0. The number of anilines is 2. The molecule has 3 rings (SSSR count). The second-order valence-electron chi connectivity index (χ2n) is 5.81. The van der Waals surface area contributed by atoms with Gasteiger partial charge in [-0.2, -0.15) is 0 Å². The SMILES string of the molecule is CN=C(NCc1cccc(NC(C)=O)c1)N1CCc2ccccc21.I. The maximum absolute atomic E-state index is 11.2. The van der Waals surface area contributed by atoms with Crippen LogP contribution >= 0.6 is 24.0 Å². The van der Waals surface area contributed by atoms with E-state index in [2.05, 4.69) is 44.8 Å². The van der Waals surface area contributed by atoms with Gasteiger partial charge in [-0.3, -0.25) is 9.79 Å². The highest BCUT2D eigenvalue weighted by Gasteiger charge is 2.22. The van der Waals surface area contributed by atoms with Crippen molar-refractivity contribution in [3.05, 3.63) is 59.7 Å². The van der Waals surface area contributed by atoms with Crippen LogP contribution in [0, 0.1) is 0 Å². The second-order valence-corrected chi connectivity index (χ2v) is 5.81. The van der Waals surface area contributed by atoms with Gasteiger partial charge in [0.2, 0.25) is 5.91 Å². The van der Waals surface area contributed by atoms with Crippen molar-refractivity contribution < 1.29 is 4.79 Å². The summed E-state index contributed by atoms with van der Waals surface area (Å²) in [4.78, 5) is 17.8. The Labute approximate surface area is 165 Å². The fraction of sp³-hybridized carbons (Fsp3) is 0.263. The molecule has 0 aliphatic carbocycles. The van der Waals surface area contributed by atoms with Gasteiger partial charge in [0, 0.05) is 38.4 Å². The molecule has 0 saturated heterocycles. The summed E-state index contributed by atoms with van der Waals surface area (Å²) >= 11 is 0. The summed E-state index contributed by atoms with van der Waals surface area (Å²) < 4.78 is 0. The van der Waals surface area contributed by atoms with Crippen LogP contribution in [0.5, 0.6) is 0 Å². The van der Waals surface area contributed by atoms with Crippen LogP contribution in [0.3, 0.4) is 0 Å². The molecule has 0 unspecified atom stereocenters. The molecule has 1 amide bonds. The minimum absolute atomic E-state index is 0. The van der Waals surface area contributed by atoms with E-state index in [1.807, 2.05) is 24.3 Å². The van der Waals surface area contributed by atoms with Crippen LogP contribution in [0.25, 0.3) is 0 Å². The highest BCUT2D eigenvalue weighted by Crippen LogP contribution is 2.27. The monoisotopic (exact) mass is 450 g/mol. The molecule has 0 atom stereocenters. The molecular formula is C19H23IN4O. The Kier molecular flexibility index (Phi) is 6.81. The Hall–Kier alpha value is -2.09. The lowest BCUT2D eigenvalue weighted by Gasteiger charge is -2.22. The Morgan fingerprint density at radius 2 is 2.00 bits per heavy atom. The maximum atomic E-state index is 11.2. The van der Waals surface area contributed by atoms with Crippen LogP contribution in [-0.4, -0.2) is 25.5 Å². The Morgan fingerprint density at radius 1 is 1.20 bits per heavy atom. The third-order valence-corrected chi connectivity index (χ3v) is 4.05. The van der Waals surface area contributed by atoms with Crippen molar-refractivity contribution in [2.45, 2.75) is 19.9 Å². The number of nitrogens with one attached hydrogen (secondary N) is 2. The number of para-hydroxylation sites is 1. The molecule has 2 N–H and O–H groups in total. The molecule has 0 fully saturated rings. The summed E-state index contributed by atoms with van der Waals surface area (Å²) in [5, 5.41) is 6.22. The van der Waals surface area contributed by atoms with Crippen molar-refractivity contribution in [1.82, 2.24) is 5.32 Å². The molecule has 0 radical (unpaired) electrons. The van der Waals surface area contributed by atoms with Crippen molar-refractivity contribution >= 4 is 47.2 Å². The smallest absolute Gasteiger partial charge is 0.221 e. The lowest BCUT2D eigenvalue weighted by atomic mass is 10.2. The molecule has 6 heteroatoms. The quantitative estimate of drug-likeness (QED) is 0.428. The molecule has 1 aliphatic rings. The van der Waals surface area contributed by atoms with E-state index < -0.39 is 0 Å². The summed E-state index contributed by atoms with van der Waals surface area (Å²) in [6, 6.07) is 16.3. The third-order valence-electron chi connectivity index (χ3n) is 4.05. The van der Waals surface area contributed by atoms with Crippen LogP contribution < -0.4 is 15.5 Å². The van der Waals surface area contributed by atoms with Crippen molar-refractivity contribution in [3.8, 4) is 0 Å². The van der Waals surface area contributed by atoms with E-state index in [9.17, 15) is 4.79 Å². The Bertz CT molecular complexity index is 776. The Balaban J connectivity index is 0.00000225. The number of aliphatic imine (C=N–C) groups is 1. The first-order valence-corrected chi connectivity index (χ1v) is 8.10. The molecule has 5 nitrogen and oxygen atoms in total. The molecule has 0 aromatic heterocycles. The lowest BCUT2D eigenvalue weighted by molar-refractivity contribution is -0.114. The van der Waals surface area contributed by atoms with Crippen LogP contribution in [-0.2, 0) is 17.8 Å². The number of benzene rings is 2. The number of rotatable bonds is 3. The number of fused-ring (bicyclic) bond motifs is 1. The average Bonchev–Trinajstić information content (AvgIpc) is 2.99. The van der Waals surface area contributed by atoms with E-state index in [0.717, 1.165) is 30.2 Å². The number of hydrogen-bond acceptors (Lipinski definition) is 2. The van der Waals surface area contributed by atoms with Gasteiger partial charge in [-0.25, -0.2) is 0 Å². The van der Waals surface area contributed by atoms with E-state index in [1.54, 1.807) is 7.05 Å². The van der Waals surface area contributed by atoms with E-state index in [4.69, 9.17) is 0 Å². The molecule has 25 heavy (non-hydrogen) atoms. The maximum Gasteiger partial charge on any atom is 0.221 e. The summed E-state index contributed by atoms with van der Waals surface area (Å²) in [6.45, 7) is 3.10. The fourth-order valence-electron chi connectivity index (χ4n) is 3.00. The van der Waals surface area contributed by atoms with Crippen LogP contribution in [0.1, 0.15) is 18.1 Å². The number of hydrogen-bond donors (Lipinski definition) is 2. The minimum Gasteiger partial charge on any atom is -0.352 e. The van der Waals surface area contributed by atoms with Gasteiger partial charge < -0.3 is 15.5 Å². The van der Waals surface area contributed by atoms with Crippen LogP contribution in [0.2, 0.25) is 0 Å². The molecule has 132 valence electrons. The van der Waals surface area contributed by atoms with Gasteiger partial charge in [0.05, 0.1) is 0 Å². The van der Waals surface area contributed by atoms with Crippen LogP contribution in [0.4, 0.5) is 11.4 Å². The molecule has 2 aromatic rings. The number of halogens is 1. The van der Waals surface area contributed by atoms with Gasteiger partial charge in [-0.05, 0) is 35.7 Å². The zero-order valence-electron chi connectivity index (χ0n) is 14.5. The van der Waals surface area contributed by atoms with Gasteiger partial charge in [0.25, 0.3) is 0 Å². The fourth-order valence-corrected chi connectivity index (χ4v) is 3.00. The second kappa shape index (κ2) is 8.84. The average molecular weight is 450 g/mol. The minimum atomic E-state index is -0.0652. The van der Waals surface area contributed by atoms with Crippen molar-refractivity contribution in [1.29, 1.82) is 0 Å². The molecule has 0 spiro atoms. The topological polar surface area (TPSA) is 56.7 Å². The highest BCUT2D eigenvalue weighted by atomic mass is 127. The number of nitrogens with zero attached hydrogens (tertiary/aromatic N) is 2. The standard InChI is InChI=1S/C19H22N4O.HI/c1-14(24)22-17-8-5-6-15(12-17)13-21-19(20-2)23-11-10-16-7-3-4-9-18(16)23;/h3-9,12H,10-11,13H2,1-2H3,(H,20,21)(H,22,24);1H. The summed E-state index contributed by atoms with van der Waals surface area (Å²) in [6.07, 6.45) is 1.04. The van der Waals surface area contributed by atoms with Crippen molar-refractivity contribution in [2.75, 3.05) is 23.8 Å². The largest absolute Gasteiger partial charge is 0.352 e. The first kappa shape index (κ1) is 19.2. The number of guanidine groups is 1.